The summed E-state index contributed by atoms with van der Waals surface area (Å²) in [6.45, 7) is 8.16. The molecule has 158 valence electrons. The lowest BCUT2D eigenvalue weighted by Gasteiger charge is -2.12. The first-order valence-electron chi connectivity index (χ1n) is 10.5. The van der Waals surface area contributed by atoms with Crippen molar-refractivity contribution in [2.75, 3.05) is 26.4 Å². The van der Waals surface area contributed by atoms with Crippen LogP contribution in [0.3, 0.4) is 0 Å². The second-order valence-electron chi connectivity index (χ2n) is 6.74. The number of carbonyl (C=O) groups is 1. The van der Waals surface area contributed by atoms with Gasteiger partial charge in [0.25, 0.3) is 0 Å². The molecule has 1 N–H and O–H groups in total. The molecule has 0 heterocycles. The van der Waals surface area contributed by atoms with Gasteiger partial charge in [-0.3, -0.25) is 4.79 Å². The molecule has 0 fully saturated rings. The third kappa shape index (κ3) is 8.06. The van der Waals surface area contributed by atoms with Gasteiger partial charge in [0, 0.05) is 6.42 Å². The Balaban J connectivity index is 1.70. The summed E-state index contributed by atoms with van der Waals surface area (Å²) in [5.74, 6) is 2.31. The first-order chi connectivity index (χ1) is 14.2. The van der Waals surface area contributed by atoms with Gasteiger partial charge in [0.15, 0.2) is 11.5 Å². The van der Waals surface area contributed by atoms with Crippen LogP contribution in [0, 0.1) is 0 Å². The fourth-order valence-electron chi connectivity index (χ4n) is 3.00. The molecule has 0 unspecified atom stereocenters. The number of nitrogens with one attached hydrogen (secondary N) is 1. The van der Waals surface area contributed by atoms with Crippen molar-refractivity contribution in [3.8, 4) is 17.2 Å². The molecule has 0 saturated carbocycles. The van der Waals surface area contributed by atoms with Crippen LogP contribution in [0.1, 0.15) is 44.7 Å². The molecule has 0 aromatic heterocycles. The third-order valence-corrected chi connectivity index (χ3v) is 4.40. The van der Waals surface area contributed by atoms with E-state index in [1.807, 2.05) is 44.2 Å². The smallest absolute Gasteiger partial charge is 0.220 e. The predicted octanol–water partition coefficient (Wildman–Crippen LogP) is 4.56. The van der Waals surface area contributed by atoms with Gasteiger partial charge in [-0.05, 0) is 62.1 Å². The number of aryl methyl sites for hydroxylation is 2. The quantitative estimate of drug-likeness (QED) is 0.502. The van der Waals surface area contributed by atoms with E-state index in [2.05, 4.69) is 24.4 Å². The fourth-order valence-corrected chi connectivity index (χ4v) is 3.00. The van der Waals surface area contributed by atoms with Crippen molar-refractivity contribution in [3.63, 3.8) is 0 Å². The molecule has 0 aliphatic carbocycles. The van der Waals surface area contributed by atoms with E-state index < -0.39 is 0 Å². The second-order valence-corrected chi connectivity index (χ2v) is 6.74. The molecular weight excluding hydrogens is 366 g/mol. The van der Waals surface area contributed by atoms with E-state index >= 15 is 0 Å². The summed E-state index contributed by atoms with van der Waals surface area (Å²) >= 11 is 0. The molecule has 5 heteroatoms. The van der Waals surface area contributed by atoms with Crippen molar-refractivity contribution in [1.82, 2.24) is 5.32 Å². The largest absolute Gasteiger partial charge is 0.492 e. The average Bonchev–Trinajstić information content (AvgIpc) is 2.73. The number of benzene rings is 2. The Bertz CT molecular complexity index is 743. The maximum absolute atomic E-state index is 12.1. The van der Waals surface area contributed by atoms with Gasteiger partial charge in [0.05, 0.1) is 19.8 Å². The van der Waals surface area contributed by atoms with Crippen LogP contribution in [-0.2, 0) is 17.6 Å². The third-order valence-electron chi connectivity index (χ3n) is 4.40. The summed E-state index contributed by atoms with van der Waals surface area (Å²) in [5, 5.41) is 2.91. The van der Waals surface area contributed by atoms with Gasteiger partial charge in [0.1, 0.15) is 12.4 Å². The van der Waals surface area contributed by atoms with Gasteiger partial charge < -0.3 is 19.5 Å². The molecule has 1 amide bonds. The summed E-state index contributed by atoms with van der Waals surface area (Å²) in [4.78, 5) is 12.1. The highest BCUT2D eigenvalue weighted by atomic mass is 16.5. The number of hydrogen-bond acceptors (Lipinski definition) is 4. The SMILES string of the molecule is CCCc1ccc(OCCNC(=O)CCc2ccc(OCC)c(OCC)c2)cc1. The van der Waals surface area contributed by atoms with Crippen molar-refractivity contribution in [2.45, 2.75) is 46.5 Å². The van der Waals surface area contributed by atoms with E-state index in [9.17, 15) is 4.79 Å². The van der Waals surface area contributed by atoms with Crippen LogP contribution in [-0.4, -0.2) is 32.3 Å². The number of carbonyl (C=O) groups excluding carboxylic acids is 1. The molecular formula is C24H33NO4. The monoisotopic (exact) mass is 399 g/mol. The molecule has 0 aliphatic rings. The molecule has 5 nitrogen and oxygen atoms in total. The van der Waals surface area contributed by atoms with Crippen molar-refractivity contribution in [3.05, 3.63) is 53.6 Å². The van der Waals surface area contributed by atoms with E-state index in [1.165, 1.54) is 5.56 Å². The first kappa shape index (κ1) is 22.6. The minimum Gasteiger partial charge on any atom is -0.492 e. The van der Waals surface area contributed by atoms with Crippen LogP contribution < -0.4 is 19.5 Å². The highest BCUT2D eigenvalue weighted by molar-refractivity contribution is 5.76. The second kappa shape index (κ2) is 12.7. The van der Waals surface area contributed by atoms with E-state index in [0.29, 0.717) is 39.2 Å². The van der Waals surface area contributed by atoms with E-state index in [1.54, 1.807) is 0 Å². The highest BCUT2D eigenvalue weighted by Crippen LogP contribution is 2.29. The zero-order valence-corrected chi connectivity index (χ0v) is 17.8. The van der Waals surface area contributed by atoms with Crippen LogP contribution in [0.5, 0.6) is 17.2 Å². The van der Waals surface area contributed by atoms with E-state index in [4.69, 9.17) is 14.2 Å². The first-order valence-corrected chi connectivity index (χ1v) is 10.5. The molecule has 0 radical (unpaired) electrons. The van der Waals surface area contributed by atoms with Crippen LogP contribution in [0.2, 0.25) is 0 Å². The van der Waals surface area contributed by atoms with Gasteiger partial charge in [0.2, 0.25) is 5.91 Å². The maximum Gasteiger partial charge on any atom is 0.220 e. The number of hydrogen-bond donors (Lipinski definition) is 1. The van der Waals surface area contributed by atoms with Crippen LogP contribution in [0.4, 0.5) is 0 Å². The molecule has 0 spiro atoms. The minimum absolute atomic E-state index is 0.0127. The predicted molar refractivity (Wildman–Crippen MR) is 116 cm³/mol. The lowest BCUT2D eigenvalue weighted by molar-refractivity contribution is -0.121. The zero-order valence-electron chi connectivity index (χ0n) is 17.8. The number of amides is 1. The molecule has 0 saturated heterocycles. The standard InChI is InChI=1S/C24H33NO4/c1-4-7-19-8-12-21(13-9-19)29-17-16-25-24(26)15-11-20-10-14-22(27-5-2)23(18-20)28-6-3/h8-10,12-14,18H,4-7,11,15-17H2,1-3H3,(H,25,26). The molecule has 0 atom stereocenters. The lowest BCUT2D eigenvalue weighted by atomic mass is 10.1. The summed E-state index contributed by atoms with van der Waals surface area (Å²) in [6, 6.07) is 14.0. The van der Waals surface area contributed by atoms with Gasteiger partial charge in [-0.1, -0.05) is 31.5 Å². The van der Waals surface area contributed by atoms with Crippen molar-refractivity contribution in [1.29, 1.82) is 0 Å². The normalized spacial score (nSPS) is 10.4. The van der Waals surface area contributed by atoms with Gasteiger partial charge in [-0.2, -0.15) is 0 Å². The minimum atomic E-state index is 0.0127. The van der Waals surface area contributed by atoms with Crippen LogP contribution in [0.15, 0.2) is 42.5 Å². The van der Waals surface area contributed by atoms with Gasteiger partial charge >= 0.3 is 0 Å². The molecule has 29 heavy (non-hydrogen) atoms. The molecule has 0 aliphatic heterocycles. The Labute approximate surface area is 174 Å². The molecule has 2 aromatic rings. The van der Waals surface area contributed by atoms with E-state index in [-0.39, 0.29) is 5.91 Å². The summed E-state index contributed by atoms with van der Waals surface area (Å²) in [7, 11) is 0. The Kier molecular flexibility index (Phi) is 9.90. The summed E-state index contributed by atoms with van der Waals surface area (Å²) < 4.78 is 16.9. The van der Waals surface area contributed by atoms with Crippen molar-refractivity contribution < 1.29 is 19.0 Å². The van der Waals surface area contributed by atoms with Gasteiger partial charge in [-0.15, -0.1) is 0 Å². The molecule has 2 rings (SSSR count). The number of rotatable bonds is 13. The Morgan fingerprint density at radius 1 is 0.828 bits per heavy atom. The molecule has 0 bridgehead atoms. The van der Waals surface area contributed by atoms with Crippen molar-refractivity contribution >= 4 is 5.91 Å². The lowest BCUT2D eigenvalue weighted by Crippen LogP contribution is -2.28. The topological polar surface area (TPSA) is 56.8 Å². The van der Waals surface area contributed by atoms with Crippen LogP contribution >= 0.6 is 0 Å². The summed E-state index contributed by atoms with van der Waals surface area (Å²) in [6.07, 6.45) is 3.29. The maximum atomic E-state index is 12.1. The average molecular weight is 400 g/mol. The Morgan fingerprint density at radius 3 is 2.21 bits per heavy atom. The van der Waals surface area contributed by atoms with Crippen LogP contribution in [0.25, 0.3) is 0 Å². The number of ether oxygens (including phenoxy) is 3. The Morgan fingerprint density at radius 2 is 1.52 bits per heavy atom. The highest BCUT2D eigenvalue weighted by Gasteiger charge is 2.08. The summed E-state index contributed by atoms with van der Waals surface area (Å²) in [5.41, 5.74) is 2.37. The van der Waals surface area contributed by atoms with Gasteiger partial charge in [-0.25, -0.2) is 0 Å². The zero-order chi connectivity index (χ0) is 20.9. The fraction of sp³-hybridized carbons (Fsp3) is 0.458. The van der Waals surface area contributed by atoms with Crippen molar-refractivity contribution in [2.24, 2.45) is 0 Å². The Hall–Kier alpha value is -2.69. The molecule has 2 aromatic carbocycles. The van der Waals surface area contributed by atoms with E-state index in [0.717, 1.165) is 35.7 Å².